The Balaban J connectivity index is 1.01. The molecule has 0 aromatic heterocycles. The summed E-state index contributed by atoms with van der Waals surface area (Å²) in [7, 11) is 0. The average Bonchev–Trinajstić information content (AvgIpc) is 3.90. The molecule has 0 heteroatoms. The van der Waals surface area contributed by atoms with Gasteiger partial charge in [-0.3, -0.25) is 0 Å². The normalized spacial score (nSPS) is 13.0. The second kappa shape index (κ2) is 13.5. The second-order valence-corrected chi connectivity index (χ2v) is 17.1. The molecule has 61 heavy (non-hydrogen) atoms. The summed E-state index contributed by atoms with van der Waals surface area (Å²) in [4.78, 5) is 0. The van der Waals surface area contributed by atoms with Gasteiger partial charge in [0.25, 0.3) is 0 Å². The molecule has 2 aliphatic carbocycles. The zero-order valence-corrected chi connectivity index (χ0v) is 33.7. The molecule has 0 saturated heterocycles. The molecule has 1 unspecified atom stereocenters. The maximum atomic E-state index is 2.53. The van der Waals surface area contributed by atoms with E-state index in [0.717, 1.165) is 12.8 Å². The summed E-state index contributed by atoms with van der Waals surface area (Å²) in [6.07, 6.45) is 1.89. The lowest BCUT2D eigenvalue weighted by atomic mass is 9.81. The Morgan fingerprint density at radius 1 is 0.279 bits per heavy atom. The van der Waals surface area contributed by atoms with Crippen LogP contribution in [0.3, 0.4) is 0 Å². The van der Waals surface area contributed by atoms with Crippen molar-refractivity contribution in [1.29, 1.82) is 0 Å². The Morgan fingerprint density at radius 2 is 0.820 bits per heavy atom. The van der Waals surface area contributed by atoms with Crippen LogP contribution in [0.4, 0.5) is 0 Å². The first kappa shape index (κ1) is 34.3. The third kappa shape index (κ3) is 5.32. The lowest BCUT2D eigenvalue weighted by Gasteiger charge is -2.22. The van der Waals surface area contributed by atoms with Crippen LogP contribution in [0.5, 0.6) is 0 Å². The van der Waals surface area contributed by atoms with Gasteiger partial charge in [0.15, 0.2) is 0 Å². The van der Waals surface area contributed by atoms with Crippen molar-refractivity contribution in [3.63, 3.8) is 0 Å². The molecule has 284 valence electrons. The van der Waals surface area contributed by atoms with Crippen molar-refractivity contribution in [2.24, 2.45) is 0 Å². The minimum absolute atomic E-state index is 0.0321. The number of rotatable bonds is 5. The van der Waals surface area contributed by atoms with Crippen molar-refractivity contribution in [3.05, 3.63) is 251 Å². The van der Waals surface area contributed by atoms with Crippen molar-refractivity contribution in [1.82, 2.24) is 0 Å². The summed E-state index contributed by atoms with van der Waals surface area (Å²) in [6, 6.07) is 79.9. The predicted molar refractivity (Wildman–Crippen MR) is 258 cm³/mol. The van der Waals surface area contributed by atoms with Crippen LogP contribution in [0.15, 0.2) is 212 Å². The Labute approximate surface area is 356 Å². The van der Waals surface area contributed by atoms with E-state index in [0.29, 0.717) is 0 Å². The van der Waals surface area contributed by atoms with Gasteiger partial charge in [-0.15, -0.1) is 0 Å². The van der Waals surface area contributed by atoms with Gasteiger partial charge in [0.1, 0.15) is 0 Å². The second-order valence-electron chi connectivity index (χ2n) is 17.1. The van der Waals surface area contributed by atoms with Crippen LogP contribution < -0.4 is 0 Å². The molecule has 13 rings (SSSR count). The molecule has 11 aromatic carbocycles. The topological polar surface area (TPSA) is 0 Å². The number of hydrogen-bond acceptors (Lipinski definition) is 0. The zero-order chi connectivity index (χ0) is 40.0. The van der Waals surface area contributed by atoms with Crippen molar-refractivity contribution in [2.45, 2.75) is 18.8 Å². The molecule has 11 aromatic rings. The molecule has 2 aliphatic rings. The SMILES string of the molecule is c1ccc(-c2ccc(C(c3ccc4c(c3)-c3cc5ccccc5c(-c5cccc6c5Cc5ccccc5-6)c3C4)c3ccc4c5ccccc5c5ccccc5c4c3)cc2)cc1. The van der Waals surface area contributed by atoms with Crippen LogP contribution in [-0.2, 0) is 12.8 Å². The molecule has 0 heterocycles. The van der Waals surface area contributed by atoms with E-state index in [1.807, 2.05) is 0 Å². The first-order valence-corrected chi connectivity index (χ1v) is 21.6. The van der Waals surface area contributed by atoms with Crippen LogP contribution in [0.1, 0.15) is 44.9 Å². The van der Waals surface area contributed by atoms with Gasteiger partial charge in [0.05, 0.1) is 0 Å². The molecule has 0 spiro atoms. The summed E-state index contributed by atoms with van der Waals surface area (Å²) < 4.78 is 0. The van der Waals surface area contributed by atoms with Crippen LogP contribution >= 0.6 is 0 Å². The van der Waals surface area contributed by atoms with Crippen LogP contribution in [0.2, 0.25) is 0 Å². The molecule has 0 bridgehead atoms. The molecule has 0 amide bonds. The van der Waals surface area contributed by atoms with Gasteiger partial charge in [0, 0.05) is 5.92 Å². The molecule has 0 radical (unpaired) electrons. The Hall–Kier alpha value is -7.54. The van der Waals surface area contributed by atoms with Gasteiger partial charge in [-0.25, -0.2) is 0 Å². The average molecular weight is 773 g/mol. The van der Waals surface area contributed by atoms with Gasteiger partial charge >= 0.3 is 0 Å². The first-order valence-electron chi connectivity index (χ1n) is 21.6. The Bertz CT molecular complexity index is 3540. The predicted octanol–water partition coefficient (Wildman–Crippen LogP) is 16.0. The maximum absolute atomic E-state index is 2.53. The van der Waals surface area contributed by atoms with E-state index in [-0.39, 0.29) is 5.92 Å². The summed E-state index contributed by atoms with van der Waals surface area (Å²) in [5.74, 6) is 0.0321. The third-order valence-corrected chi connectivity index (χ3v) is 13.9. The highest BCUT2D eigenvalue weighted by atomic mass is 14.3. The molecular weight excluding hydrogens is 733 g/mol. The van der Waals surface area contributed by atoms with E-state index >= 15 is 0 Å². The summed E-state index contributed by atoms with van der Waals surface area (Å²) in [5.41, 5.74) is 20.4. The largest absolute Gasteiger partial charge is 0.0622 e. The fraction of sp³-hybridized carbons (Fsp3) is 0.0492. The van der Waals surface area contributed by atoms with E-state index in [9.17, 15) is 0 Å². The minimum Gasteiger partial charge on any atom is -0.0622 e. The zero-order valence-electron chi connectivity index (χ0n) is 33.7. The van der Waals surface area contributed by atoms with Crippen molar-refractivity contribution < 1.29 is 0 Å². The van der Waals surface area contributed by atoms with Crippen LogP contribution in [0.25, 0.3) is 87.6 Å². The Morgan fingerprint density at radius 3 is 1.61 bits per heavy atom. The van der Waals surface area contributed by atoms with Crippen LogP contribution in [0, 0.1) is 0 Å². The monoisotopic (exact) mass is 772 g/mol. The Kier molecular flexibility index (Phi) is 7.60. The first-order chi connectivity index (χ1) is 30.2. The van der Waals surface area contributed by atoms with Gasteiger partial charge in [-0.1, -0.05) is 194 Å². The molecule has 0 aliphatic heterocycles. The molecular formula is C61H40. The van der Waals surface area contributed by atoms with Gasteiger partial charge < -0.3 is 0 Å². The molecule has 0 saturated carbocycles. The highest BCUT2D eigenvalue weighted by Gasteiger charge is 2.29. The number of fused-ring (bicyclic) bond motifs is 13. The molecule has 0 N–H and O–H groups in total. The van der Waals surface area contributed by atoms with Crippen LogP contribution in [-0.4, -0.2) is 0 Å². The molecule has 0 nitrogen and oxygen atoms in total. The number of benzene rings is 11. The van der Waals surface area contributed by atoms with E-state index in [4.69, 9.17) is 0 Å². The maximum Gasteiger partial charge on any atom is 0.0340 e. The third-order valence-electron chi connectivity index (χ3n) is 13.9. The van der Waals surface area contributed by atoms with E-state index in [1.54, 1.807) is 0 Å². The minimum atomic E-state index is 0.0321. The van der Waals surface area contributed by atoms with Crippen molar-refractivity contribution >= 4 is 43.1 Å². The molecule has 1 atom stereocenters. The quantitative estimate of drug-likeness (QED) is 0.121. The summed E-state index contributed by atoms with van der Waals surface area (Å²) in [5, 5.41) is 10.4. The fourth-order valence-electron chi connectivity index (χ4n) is 11.1. The summed E-state index contributed by atoms with van der Waals surface area (Å²) in [6.45, 7) is 0. The van der Waals surface area contributed by atoms with Gasteiger partial charge in [-0.05, 0) is 158 Å². The van der Waals surface area contributed by atoms with Gasteiger partial charge in [0.2, 0.25) is 0 Å². The lowest BCUT2D eigenvalue weighted by molar-refractivity contribution is 0.980. The highest BCUT2D eigenvalue weighted by molar-refractivity contribution is 6.25. The van der Waals surface area contributed by atoms with E-state index in [2.05, 4.69) is 212 Å². The summed E-state index contributed by atoms with van der Waals surface area (Å²) >= 11 is 0. The fourth-order valence-corrected chi connectivity index (χ4v) is 11.1. The standard InChI is InChI=1S/C61H40/c1-2-13-38(14-3-1)39-25-27-40(28-26-39)60(45-31-32-53-51-21-9-8-19-49(51)50-20-10-11-22-52(50)56(53)37-45)44-30-29-43-35-59-58(55(43)36-44)34-42-16-5-7-18-47(42)61(59)54-24-12-23-48-46-17-6-4-15-41(46)33-57(48)54/h1-32,34,36-37,60H,33,35H2. The smallest absolute Gasteiger partial charge is 0.0340 e. The van der Waals surface area contributed by atoms with Crippen molar-refractivity contribution in [2.75, 3.05) is 0 Å². The lowest BCUT2D eigenvalue weighted by Crippen LogP contribution is -2.04. The van der Waals surface area contributed by atoms with Gasteiger partial charge in [-0.2, -0.15) is 0 Å². The number of hydrogen-bond donors (Lipinski definition) is 0. The molecule has 0 fully saturated rings. The van der Waals surface area contributed by atoms with E-state index in [1.165, 1.54) is 127 Å². The van der Waals surface area contributed by atoms with Crippen molar-refractivity contribution in [3.8, 4) is 44.5 Å². The van der Waals surface area contributed by atoms with E-state index < -0.39 is 0 Å². The highest BCUT2D eigenvalue weighted by Crippen LogP contribution is 2.50.